The first-order chi connectivity index (χ1) is 7.96. The first-order valence-corrected chi connectivity index (χ1v) is 5.61. The lowest BCUT2D eigenvalue weighted by molar-refractivity contribution is -0.121. The largest absolute Gasteiger partial charge is 0.497 e. The molecule has 1 aromatic rings. The van der Waals surface area contributed by atoms with E-state index in [9.17, 15) is 4.79 Å². The lowest BCUT2D eigenvalue weighted by Gasteiger charge is -2.24. The summed E-state index contributed by atoms with van der Waals surface area (Å²) in [6.45, 7) is 4.22. The van der Waals surface area contributed by atoms with E-state index in [1.807, 2.05) is 38.1 Å². The van der Waals surface area contributed by atoms with E-state index in [0.29, 0.717) is 13.0 Å². The van der Waals surface area contributed by atoms with Crippen molar-refractivity contribution < 1.29 is 9.53 Å². The second-order valence-electron chi connectivity index (χ2n) is 4.66. The molecule has 1 aromatic carbocycles. The minimum absolute atomic E-state index is 0.0226. The Bertz CT molecular complexity index is 372. The molecule has 17 heavy (non-hydrogen) atoms. The Balaban J connectivity index is 2.56. The molecule has 0 aliphatic rings. The fourth-order valence-electron chi connectivity index (χ4n) is 1.40. The third-order valence-corrected chi connectivity index (χ3v) is 2.51. The Morgan fingerprint density at radius 1 is 1.35 bits per heavy atom. The highest BCUT2D eigenvalue weighted by Crippen LogP contribution is 2.12. The number of nitrogens with two attached hydrogens (primary N) is 1. The van der Waals surface area contributed by atoms with Crippen LogP contribution in [-0.2, 0) is 11.2 Å². The summed E-state index contributed by atoms with van der Waals surface area (Å²) in [5, 5.41) is 2.89. The van der Waals surface area contributed by atoms with Crippen LogP contribution in [0.4, 0.5) is 0 Å². The van der Waals surface area contributed by atoms with Crippen molar-refractivity contribution in [1.82, 2.24) is 5.32 Å². The molecule has 94 valence electrons. The second kappa shape index (κ2) is 5.68. The quantitative estimate of drug-likeness (QED) is 0.804. The number of carbonyl (C=O) groups excluding carboxylic acids is 1. The number of hydrogen-bond donors (Lipinski definition) is 2. The van der Waals surface area contributed by atoms with Gasteiger partial charge in [-0.2, -0.15) is 0 Å². The summed E-state index contributed by atoms with van der Waals surface area (Å²) in [6, 6.07) is 7.45. The topological polar surface area (TPSA) is 64.3 Å². The van der Waals surface area contributed by atoms with Crippen LogP contribution >= 0.6 is 0 Å². The summed E-state index contributed by atoms with van der Waals surface area (Å²) in [6.07, 6.45) is 0.355. The summed E-state index contributed by atoms with van der Waals surface area (Å²) in [5.41, 5.74) is 6.15. The van der Waals surface area contributed by atoms with Crippen LogP contribution in [0.2, 0.25) is 0 Å². The predicted molar refractivity (Wildman–Crippen MR) is 68.0 cm³/mol. The van der Waals surface area contributed by atoms with Crippen LogP contribution < -0.4 is 15.8 Å². The number of rotatable bonds is 5. The van der Waals surface area contributed by atoms with Crippen LogP contribution in [0.25, 0.3) is 0 Å². The number of ether oxygens (including phenoxy) is 1. The van der Waals surface area contributed by atoms with Gasteiger partial charge in [0.1, 0.15) is 5.75 Å². The van der Waals surface area contributed by atoms with E-state index >= 15 is 0 Å². The van der Waals surface area contributed by atoms with Crippen molar-refractivity contribution in [2.24, 2.45) is 5.73 Å². The molecule has 0 aromatic heterocycles. The van der Waals surface area contributed by atoms with Gasteiger partial charge in [-0.25, -0.2) is 0 Å². The van der Waals surface area contributed by atoms with Gasteiger partial charge in [0, 0.05) is 12.1 Å². The van der Waals surface area contributed by atoms with Crippen LogP contribution in [0.5, 0.6) is 5.75 Å². The van der Waals surface area contributed by atoms with Crippen molar-refractivity contribution in [2.75, 3.05) is 13.7 Å². The summed E-state index contributed by atoms with van der Waals surface area (Å²) in [5.74, 6) is 0.766. The average Bonchev–Trinajstić information content (AvgIpc) is 2.29. The highest BCUT2D eigenvalue weighted by atomic mass is 16.5. The zero-order valence-corrected chi connectivity index (χ0v) is 10.6. The standard InChI is InChI=1S/C13H20N2O2/c1-13(2,9-14)15-12(16)8-10-4-6-11(17-3)7-5-10/h4-7H,8-9,14H2,1-3H3,(H,15,16). The monoisotopic (exact) mass is 236 g/mol. The van der Waals surface area contributed by atoms with Crippen LogP contribution in [0.3, 0.4) is 0 Å². The maximum Gasteiger partial charge on any atom is 0.224 e. The Morgan fingerprint density at radius 3 is 2.41 bits per heavy atom. The molecule has 0 heterocycles. The fourth-order valence-corrected chi connectivity index (χ4v) is 1.40. The Kier molecular flexibility index (Phi) is 4.52. The van der Waals surface area contributed by atoms with E-state index < -0.39 is 0 Å². The molecule has 0 aliphatic carbocycles. The maximum atomic E-state index is 11.7. The summed E-state index contributed by atoms with van der Waals surface area (Å²) in [4.78, 5) is 11.7. The molecule has 4 heteroatoms. The molecule has 0 saturated heterocycles. The van der Waals surface area contributed by atoms with Crippen molar-refractivity contribution >= 4 is 5.91 Å². The van der Waals surface area contributed by atoms with Crippen LogP contribution in [0.1, 0.15) is 19.4 Å². The number of benzene rings is 1. The predicted octanol–water partition coefficient (Wildman–Crippen LogP) is 1.09. The Hall–Kier alpha value is -1.55. The average molecular weight is 236 g/mol. The molecule has 0 aliphatic heterocycles. The van der Waals surface area contributed by atoms with E-state index in [0.717, 1.165) is 11.3 Å². The molecule has 0 unspecified atom stereocenters. The van der Waals surface area contributed by atoms with Gasteiger partial charge in [-0.3, -0.25) is 4.79 Å². The molecule has 0 fully saturated rings. The smallest absolute Gasteiger partial charge is 0.224 e. The minimum Gasteiger partial charge on any atom is -0.497 e. The van der Waals surface area contributed by atoms with E-state index in [-0.39, 0.29) is 11.4 Å². The van der Waals surface area contributed by atoms with E-state index in [4.69, 9.17) is 10.5 Å². The lowest BCUT2D eigenvalue weighted by Crippen LogP contribution is -2.49. The Labute approximate surface area is 102 Å². The molecule has 0 bridgehead atoms. The third kappa shape index (κ3) is 4.44. The van der Waals surface area contributed by atoms with Gasteiger partial charge in [-0.1, -0.05) is 12.1 Å². The zero-order chi connectivity index (χ0) is 12.9. The molecule has 1 rings (SSSR count). The SMILES string of the molecule is COc1ccc(CC(=O)NC(C)(C)CN)cc1. The van der Waals surface area contributed by atoms with Gasteiger partial charge in [0.25, 0.3) is 0 Å². The molecule has 4 nitrogen and oxygen atoms in total. The van der Waals surface area contributed by atoms with Gasteiger partial charge >= 0.3 is 0 Å². The molecular formula is C13H20N2O2. The number of hydrogen-bond acceptors (Lipinski definition) is 3. The van der Waals surface area contributed by atoms with Crippen LogP contribution in [0.15, 0.2) is 24.3 Å². The van der Waals surface area contributed by atoms with Crippen molar-refractivity contribution in [3.05, 3.63) is 29.8 Å². The highest BCUT2D eigenvalue weighted by molar-refractivity contribution is 5.79. The van der Waals surface area contributed by atoms with Crippen LogP contribution in [0, 0.1) is 0 Å². The van der Waals surface area contributed by atoms with Crippen molar-refractivity contribution in [3.63, 3.8) is 0 Å². The first-order valence-electron chi connectivity index (χ1n) is 5.61. The van der Waals surface area contributed by atoms with Gasteiger partial charge in [-0.05, 0) is 31.5 Å². The fraction of sp³-hybridized carbons (Fsp3) is 0.462. The molecule has 0 saturated carbocycles. The summed E-state index contributed by atoms with van der Waals surface area (Å²) >= 11 is 0. The lowest BCUT2D eigenvalue weighted by atomic mass is 10.1. The van der Waals surface area contributed by atoms with E-state index in [1.54, 1.807) is 7.11 Å². The second-order valence-corrected chi connectivity index (χ2v) is 4.66. The first kappa shape index (κ1) is 13.5. The molecule has 1 amide bonds. The Morgan fingerprint density at radius 2 is 1.94 bits per heavy atom. The number of amides is 1. The van der Waals surface area contributed by atoms with Crippen molar-refractivity contribution in [3.8, 4) is 5.75 Å². The number of carbonyl (C=O) groups is 1. The minimum atomic E-state index is -0.358. The van der Waals surface area contributed by atoms with Crippen LogP contribution in [-0.4, -0.2) is 25.1 Å². The van der Waals surface area contributed by atoms with E-state index in [1.165, 1.54) is 0 Å². The summed E-state index contributed by atoms with van der Waals surface area (Å²) in [7, 11) is 1.62. The molecule has 3 N–H and O–H groups in total. The number of methoxy groups -OCH3 is 1. The normalized spacial score (nSPS) is 11.1. The van der Waals surface area contributed by atoms with Gasteiger partial charge in [-0.15, -0.1) is 0 Å². The van der Waals surface area contributed by atoms with Crippen molar-refractivity contribution in [1.29, 1.82) is 0 Å². The summed E-state index contributed by atoms with van der Waals surface area (Å²) < 4.78 is 5.06. The molecule has 0 radical (unpaired) electrons. The van der Waals surface area contributed by atoms with Gasteiger partial charge in [0.2, 0.25) is 5.91 Å². The molecule has 0 atom stereocenters. The van der Waals surface area contributed by atoms with E-state index in [2.05, 4.69) is 5.32 Å². The zero-order valence-electron chi connectivity index (χ0n) is 10.6. The third-order valence-electron chi connectivity index (χ3n) is 2.51. The highest BCUT2D eigenvalue weighted by Gasteiger charge is 2.17. The van der Waals surface area contributed by atoms with Gasteiger partial charge in [0.15, 0.2) is 0 Å². The molecule has 0 spiro atoms. The van der Waals surface area contributed by atoms with Gasteiger partial charge in [0.05, 0.1) is 13.5 Å². The number of nitrogens with one attached hydrogen (secondary N) is 1. The maximum absolute atomic E-state index is 11.7. The van der Waals surface area contributed by atoms with Gasteiger partial charge < -0.3 is 15.8 Å². The van der Waals surface area contributed by atoms with Crippen molar-refractivity contribution in [2.45, 2.75) is 25.8 Å². The molecular weight excluding hydrogens is 216 g/mol.